The van der Waals surface area contributed by atoms with Crippen LogP contribution in [0.2, 0.25) is 0 Å². The van der Waals surface area contributed by atoms with Gasteiger partial charge in [0.25, 0.3) is 11.8 Å². The van der Waals surface area contributed by atoms with Gasteiger partial charge in [0.05, 0.1) is 6.54 Å². The Kier molecular flexibility index (Phi) is 4.15. The van der Waals surface area contributed by atoms with E-state index in [2.05, 4.69) is 4.74 Å². The monoisotopic (exact) mass is 239 g/mol. The summed E-state index contributed by atoms with van der Waals surface area (Å²) in [7, 11) is 0. The first kappa shape index (κ1) is 12.6. The molecule has 1 N–H and O–H groups in total. The number of ether oxygens (including phenoxy) is 1. The molecule has 1 rings (SSSR count). The molecule has 0 bridgehead atoms. The molecule has 90 valence electrons. The zero-order chi connectivity index (χ0) is 12.8. The molecule has 17 heavy (non-hydrogen) atoms. The number of carbonyl (C=O) groups excluding carboxylic acids is 3. The van der Waals surface area contributed by atoms with Crippen LogP contribution in [0, 0.1) is 0 Å². The van der Waals surface area contributed by atoms with Gasteiger partial charge >= 0.3 is 11.9 Å². The van der Waals surface area contributed by atoms with Gasteiger partial charge < -0.3 is 9.84 Å². The second kappa shape index (κ2) is 5.59. The average molecular weight is 239 g/mol. The van der Waals surface area contributed by atoms with E-state index >= 15 is 0 Å². The first-order valence-corrected chi connectivity index (χ1v) is 4.62. The minimum absolute atomic E-state index is 0.0582. The number of carbonyl (C=O) groups is 4. The number of amides is 2. The molecule has 7 nitrogen and oxygen atoms in total. The highest BCUT2D eigenvalue weighted by molar-refractivity contribution is 6.12. The number of carboxylic acids is 1. The fraction of sp³-hybridized carbons (Fsp3) is 0.200. The lowest BCUT2D eigenvalue weighted by Gasteiger charge is -2.12. The average Bonchev–Trinajstić information content (AvgIpc) is 2.57. The van der Waals surface area contributed by atoms with Crippen LogP contribution in [0.25, 0.3) is 0 Å². The number of esters is 1. The van der Waals surface area contributed by atoms with Crippen molar-refractivity contribution < 1.29 is 29.0 Å². The molecule has 0 saturated carbocycles. The quantitative estimate of drug-likeness (QED) is 0.379. The van der Waals surface area contributed by atoms with Crippen LogP contribution in [0.5, 0.6) is 0 Å². The highest BCUT2D eigenvalue weighted by Crippen LogP contribution is 2.02. The van der Waals surface area contributed by atoms with Gasteiger partial charge in [-0.05, 0) is 0 Å². The smallest absolute Gasteiger partial charge is 0.331 e. The van der Waals surface area contributed by atoms with Crippen molar-refractivity contribution in [1.82, 2.24) is 4.90 Å². The fourth-order valence-corrected chi connectivity index (χ4v) is 1.08. The number of aliphatic carboxylic acids is 1. The van der Waals surface area contributed by atoms with E-state index in [0.29, 0.717) is 6.08 Å². The predicted octanol–water partition coefficient (Wildman–Crippen LogP) is -0.905. The van der Waals surface area contributed by atoms with Crippen LogP contribution in [-0.4, -0.2) is 46.9 Å². The molecule has 0 aromatic rings. The van der Waals surface area contributed by atoms with E-state index in [9.17, 15) is 19.2 Å². The van der Waals surface area contributed by atoms with Gasteiger partial charge in [-0.2, -0.15) is 0 Å². The SMILES string of the molecule is O=C(O)/C=C\C(=O)OCCN1C(=O)C=CC1=O. The number of imide groups is 1. The van der Waals surface area contributed by atoms with E-state index in [1.807, 2.05) is 0 Å². The summed E-state index contributed by atoms with van der Waals surface area (Å²) in [5.74, 6) is -3.05. The molecule has 0 fully saturated rings. The van der Waals surface area contributed by atoms with Gasteiger partial charge in [0.1, 0.15) is 6.61 Å². The van der Waals surface area contributed by atoms with Crippen LogP contribution in [0.3, 0.4) is 0 Å². The Hall–Kier alpha value is -2.44. The van der Waals surface area contributed by atoms with Crippen LogP contribution in [0.4, 0.5) is 0 Å². The second-order valence-corrected chi connectivity index (χ2v) is 3.00. The third-order valence-electron chi connectivity index (χ3n) is 1.82. The normalized spacial score (nSPS) is 14.7. The van der Waals surface area contributed by atoms with E-state index < -0.39 is 23.8 Å². The van der Waals surface area contributed by atoms with E-state index in [0.717, 1.165) is 23.1 Å². The lowest BCUT2D eigenvalue weighted by Crippen LogP contribution is -2.33. The molecule has 1 aliphatic rings. The molecule has 0 aliphatic carbocycles. The van der Waals surface area contributed by atoms with Crippen molar-refractivity contribution in [3.8, 4) is 0 Å². The van der Waals surface area contributed by atoms with Gasteiger partial charge in [0.15, 0.2) is 0 Å². The second-order valence-electron chi connectivity index (χ2n) is 3.00. The van der Waals surface area contributed by atoms with E-state index in [-0.39, 0.29) is 13.2 Å². The van der Waals surface area contributed by atoms with Crippen LogP contribution in [0.1, 0.15) is 0 Å². The van der Waals surface area contributed by atoms with Crippen LogP contribution < -0.4 is 0 Å². The van der Waals surface area contributed by atoms with Crippen molar-refractivity contribution in [2.24, 2.45) is 0 Å². The van der Waals surface area contributed by atoms with Crippen LogP contribution >= 0.6 is 0 Å². The Balaban J connectivity index is 2.29. The third kappa shape index (κ3) is 3.90. The number of hydrogen-bond acceptors (Lipinski definition) is 5. The number of nitrogens with zero attached hydrogens (tertiary/aromatic N) is 1. The van der Waals surface area contributed by atoms with Crippen molar-refractivity contribution in [2.75, 3.05) is 13.2 Å². The summed E-state index contributed by atoms with van der Waals surface area (Å²) in [4.78, 5) is 44.0. The van der Waals surface area contributed by atoms with Gasteiger partial charge in [0, 0.05) is 24.3 Å². The van der Waals surface area contributed by atoms with Gasteiger partial charge in [-0.3, -0.25) is 14.5 Å². The number of hydrogen-bond donors (Lipinski definition) is 1. The van der Waals surface area contributed by atoms with Gasteiger partial charge in [-0.1, -0.05) is 0 Å². The molecule has 0 atom stereocenters. The summed E-state index contributed by atoms with van der Waals surface area (Å²) in [6, 6.07) is 0. The summed E-state index contributed by atoms with van der Waals surface area (Å²) >= 11 is 0. The standard InChI is InChI=1S/C10H9NO6/c12-7-1-2-8(13)11(7)5-6-17-10(16)4-3-9(14)15/h1-4H,5-6H2,(H,14,15)/b4-3-. The number of rotatable bonds is 5. The predicted molar refractivity (Wildman–Crippen MR) is 53.6 cm³/mol. The molecular formula is C10H9NO6. The van der Waals surface area contributed by atoms with Crippen LogP contribution in [0.15, 0.2) is 24.3 Å². The molecule has 1 aliphatic heterocycles. The summed E-state index contributed by atoms with van der Waals surface area (Å²) in [5.41, 5.74) is 0. The molecule has 0 radical (unpaired) electrons. The third-order valence-corrected chi connectivity index (χ3v) is 1.82. The van der Waals surface area contributed by atoms with Crippen molar-refractivity contribution in [1.29, 1.82) is 0 Å². The first-order valence-electron chi connectivity index (χ1n) is 4.62. The molecule has 7 heteroatoms. The highest BCUT2D eigenvalue weighted by atomic mass is 16.5. The van der Waals surface area contributed by atoms with Crippen molar-refractivity contribution in [3.63, 3.8) is 0 Å². The maximum atomic E-state index is 11.1. The van der Waals surface area contributed by atoms with E-state index in [1.54, 1.807) is 0 Å². The maximum absolute atomic E-state index is 11.1. The molecule has 0 aromatic heterocycles. The first-order chi connectivity index (χ1) is 8.00. The largest absolute Gasteiger partial charge is 0.478 e. The zero-order valence-electron chi connectivity index (χ0n) is 8.66. The van der Waals surface area contributed by atoms with Crippen LogP contribution in [-0.2, 0) is 23.9 Å². The molecule has 2 amide bonds. The minimum Gasteiger partial charge on any atom is -0.478 e. The Bertz CT molecular complexity index is 405. The van der Waals surface area contributed by atoms with Crippen molar-refractivity contribution in [3.05, 3.63) is 24.3 Å². The molecule has 1 heterocycles. The summed E-state index contributed by atoms with van der Waals surface area (Å²) < 4.78 is 4.59. The summed E-state index contributed by atoms with van der Waals surface area (Å²) in [6.45, 7) is -0.237. The van der Waals surface area contributed by atoms with Crippen molar-refractivity contribution in [2.45, 2.75) is 0 Å². The summed E-state index contributed by atoms with van der Waals surface area (Å²) in [6.07, 6.45) is 3.62. The Morgan fingerprint density at radius 3 is 2.35 bits per heavy atom. The molecular weight excluding hydrogens is 230 g/mol. The van der Waals surface area contributed by atoms with E-state index in [4.69, 9.17) is 5.11 Å². The molecule has 0 unspecified atom stereocenters. The van der Waals surface area contributed by atoms with Gasteiger partial charge in [0.2, 0.25) is 0 Å². The summed E-state index contributed by atoms with van der Waals surface area (Å²) in [5, 5.41) is 8.23. The lowest BCUT2D eigenvalue weighted by molar-refractivity contribution is -0.143. The topological polar surface area (TPSA) is 101 Å². The minimum atomic E-state index is -1.27. The number of carboxylic acid groups (broad SMARTS) is 1. The molecule has 0 saturated heterocycles. The zero-order valence-corrected chi connectivity index (χ0v) is 8.66. The lowest BCUT2D eigenvalue weighted by atomic mass is 10.5. The van der Waals surface area contributed by atoms with E-state index in [1.165, 1.54) is 0 Å². The van der Waals surface area contributed by atoms with Gasteiger partial charge in [-0.25, -0.2) is 9.59 Å². The maximum Gasteiger partial charge on any atom is 0.331 e. The Morgan fingerprint density at radius 1 is 1.24 bits per heavy atom. The van der Waals surface area contributed by atoms with Gasteiger partial charge in [-0.15, -0.1) is 0 Å². The Labute approximate surface area is 96.0 Å². The van der Waals surface area contributed by atoms with Crippen molar-refractivity contribution >= 4 is 23.8 Å². The fourth-order valence-electron chi connectivity index (χ4n) is 1.08. The highest BCUT2D eigenvalue weighted by Gasteiger charge is 2.22. The molecule has 0 spiro atoms. The molecule has 0 aromatic carbocycles. The Morgan fingerprint density at radius 2 is 1.82 bits per heavy atom.